The predicted octanol–water partition coefficient (Wildman–Crippen LogP) is 1.89. The fourth-order valence-corrected chi connectivity index (χ4v) is 2.89. The molecule has 3 rings (SSSR count). The number of nitrogens with zero attached hydrogens (tertiary/aromatic N) is 4. The van der Waals surface area contributed by atoms with Crippen molar-refractivity contribution in [3.05, 3.63) is 18.3 Å². The molecule has 0 amide bonds. The summed E-state index contributed by atoms with van der Waals surface area (Å²) in [5, 5.41) is 0. The second kappa shape index (κ2) is 5.17. The van der Waals surface area contributed by atoms with Crippen LogP contribution in [0.3, 0.4) is 0 Å². The molecule has 0 radical (unpaired) electrons. The van der Waals surface area contributed by atoms with E-state index >= 15 is 0 Å². The summed E-state index contributed by atoms with van der Waals surface area (Å²) < 4.78 is 2.04. The van der Waals surface area contributed by atoms with E-state index in [0.29, 0.717) is 12.0 Å². The van der Waals surface area contributed by atoms with Crippen molar-refractivity contribution >= 4 is 17.1 Å². The molecule has 1 aliphatic rings. The van der Waals surface area contributed by atoms with Gasteiger partial charge in [0.25, 0.3) is 0 Å². The van der Waals surface area contributed by atoms with E-state index in [1.807, 2.05) is 16.7 Å². The maximum absolute atomic E-state index is 6.02. The van der Waals surface area contributed by atoms with E-state index in [1.165, 1.54) is 32.4 Å². The number of nitrogen functional groups attached to an aromatic ring is 1. The van der Waals surface area contributed by atoms with Gasteiger partial charge in [-0.1, -0.05) is 6.42 Å². The molecule has 5 nitrogen and oxygen atoms in total. The van der Waals surface area contributed by atoms with E-state index in [1.54, 1.807) is 6.20 Å². The van der Waals surface area contributed by atoms with Crippen molar-refractivity contribution in [2.75, 3.05) is 18.8 Å². The number of likely N-dealkylation sites (tertiary alicyclic amines) is 1. The van der Waals surface area contributed by atoms with Crippen molar-refractivity contribution in [2.45, 2.75) is 38.8 Å². The first-order valence-corrected chi connectivity index (χ1v) is 7.06. The van der Waals surface area contributed by atoms with Gasteiger partial charge in [0.1, 0.15) is 5.52 Å². The van der Waals surface area contributed by atoms with Gasteiger partial charge < -0.3 is 5.73 Å². The van der Waals surface area contributed by atoms with Gasteiger partial charge in [0.2, 0.25) is 5.95 Å². The van der Waals surface area contributed by atoms with Crippen molar-refractivity contribution in [3.8, 4) is 0 Å². The number of rotatable bonds is 3. The smallest absolute Gasteiger partial charge is 0.202 e. The van der Waals surface area contributed by atoms with Crippen molar-refractivity contribution < 1.29 is 0 Å². The molecule has 2 N–H and O–H groups in total. The maximum atomic E-state index is 6.02. The molecule has 2 aromatic heterocycles. The van der Waals surface area contributed by atoms with E-state index < -0.39 is 0 Å². The second-order valence-corrected chi connectivity index (χ2v) is 5.37. The van der Waals surface area contributed by atoms with Crippen LogP contribution in [0.5, 0.6) is 0 Å². The first-order valence-electron chi connectivity index (χ1n) is 7.06. The highest BCUT2D eigenvalue weighted by Gasteiger charge is 2.19. The fraction of sp³-hybridized carbons (Fsp3) is 0.571. The minimum atomic E-state index is 0.474. The number of imidazole rings is 1. The van der Waals surface area contributed by atoms with E-state index in [-0.39, 0.29) is 0 Å². The highest BCUT2D eigenvalue weighted by molar-refractivity contribution is 5.73. The highest BCUT2D eigenvalue weighted by atomic mass is 15.2. The molecule has 0 spiro atoms. The molecule has 19 heavy (non-hydrogen) atoms. The van der Waals surface area contributed by atoms with Crippen LogP contribution in [0.4, 0.5) is 5.95 Å². The van der Waals surface area contributed by atoms with Crippen LogP contribution in [0.2, 0.25) is 0 Å². The molecule has 1 aliphatic heterocycles. The number of aromatic nitrogens is 3. The van der Waals surface area contributed by atoms with Crippen LogP contribution in [0.25, 0.3) is 11.2 Å². The summed E-state index contributed by atoms with van der Waals surface area (Å²) in [6.45, 7) is 5.52. The van der Waals surface area contributed by atoms with Crippen LogP contribution in [0.1, 0.15) is 26.2 Å². The Kier molecular flexibility index (Phi) is 3.38. The zero-order chi connectivity index (χ0) is 13.2. The molecule has 2 aromatic rings. The predicted molar refractivity (Wildman–Crippen MR) is 76.8 cm³/mol. The number of pyridine rings is 1. The van der Waals surface area contributed by atoms with Crippen molar-refractivity contribution in [2.24, 2.45) is 0 Å². The third-order valence-electron chi connectivity index (χ3n) is 3.99. The van der Waals surface area contributed by atoms with Gasteiger partial charge in [-0.05, 0) is 45.0 Å². The third kappa shape index (κ3) is 2.42. The normalized spacial score (nSPS) is 18.8. The molecular weight excluding hydrogens is 238 g/mol. The Labute approximate surface area is 113 Å². The second-order valence-electron chi connectivity index (χ2n) is 5.37. The Morgan fingerprint density at radius 2 is 2.11 bits per heavy atom. The van der Waals surface area contributed by atoms with Gasteiger partial charge >= 0.3 is 0 Å². The Morgan fingerprint density at radius 1 is 1.32 bits per heavy atom. The molecule has 0 aromatic carbocycles. The molecule has 0 saturated carbocycles. The summed E-state index contributed by atoms with van der Waals surface area (Å²) in [7, 11) is 0. The van der Waals surface area contributed by atoms with E-state index in [2.05, 4.69) is 21.8 Å². The topological polar surface area (TPSA) is 60.0 Å². The zero-order valence-electron chi connectivity index (χ0n) is 11.4. The molecule has 0 bridgehead atoms. The molecule has 1 fully saturated rings. The molecule has 102 valence electrons. The number of hydrogen-bond acceptors (Lipinski definition) is 4. The lowest BCUT2D eigenvalue weighted by atomic mass is 10.1. The largest absolute Gasteiger partial charge is 0.369 e. The quantitative estimate of drug-likeness (QED) is 0.914. The molecule has 0 aliphatic carbocycles. The summed E-state index contributed by atoms with van der Waals surface area (Å²) in [5.41, 5.74) is 7.80. The third-order valence-corrected chi connectivity index (χ3v) is 3.99. The average molecular weight is 259 g/mol. The number of hydrogen-bond donors (Lipinski definition) is 1. The van der Waals surface area contributed by atoms with Gasteiger partial charge in [-0.3, -0.25) is 9.47 Å². The minimum Gasteiger partial charge on any atom is -0.369 e. The maximum Gasteiger partial charge on any atom is 0.202 e. The number of anilines is 1. The van der Waals surface area contributed by atoms with Crippen LogP contribution in [0.15, 0.2) is 18.3 Å². The van der Waals surface area contributed by atoms with Gasteiger partial charge in [-0.15, -0.1) is 0 Å². The van der Waals surface area contributed by atoms with Gasteiger partial charge in [0.15, 0.2) is 5.65 Å². The molecule has 1 atom stereocenters. The average Bonchev–Trinajstić information content (AvgIpc) is 2.76. The summed E-state index contributed by atoms with van der Waals surface area (Å²) in [6, 6.07) is 4.33. The van der Waals surface area contributed by atoms with Gasteiger partial charge in [0.05, 0.1) is 0 Å². The first-order chi connectivity index (χ1) is 9.25. The Balaban J connectivity index is 1.82. The molecule has 1 unspecified atom stereocenters. The van der Waals surface area contributed by atoms with E-state index in [0.717, 1.165) is 17.7 Å². The minimum absolute atomic E-state index is 0.474. The van der Waals surface area contributed by atoms with Crippen molar-refractivity contribution in [3.63, 3.8) is 0 Å². The van der Waals surface area contributed by atoms with Gasteiger partial charge in [-0.25, -0.2) is 9.97 Å². The van der Waals surface area contributed by atoms with Crippen LogP contribution >= 0.6 is 0 Å². The summed E-state index contributed by atoms with van der Waals surface area (Å²) >= 11 is 0. The van der Waals surface area contributed by atoms with Crippen LogP contribution in [0, 0.1) is 0 Å². The Hall–Kier alpha value is -1.62. The molecular formula is C14H21N5. The highest BCUT2D eigenvalue weighted by Crippen LogP contribution is 2.18. The fourth-order valence-electron chi connectivity index (χ4n) is 2.89. The lowest BCUT2D eigenvalue weighted by molar-refractivity contribution is 0.161. The standard InChI is InChI=1S/C14H21N5/c1-11(18-8-3-2-4-9-18)10-19-13-12(17-14(19)15)6-5-7-16-13/h5-7,11H,2-4,8-10H2,1H3,(H2,15,17). The Morgan fingerprint density at radius 3 is 2.89 bits per heavy atom. The Bertz CT molecular complexity index is 556. The number of piperidine rings is 1. The lowest BCUT2D eigenvalue weighted by Crippen LogP contribution is -2.39. The molecule has 1 saturated heterocycles. The van der Waals surface area contributed by atoms with Crippen LogP contribution < -0.4 is 5.73 Å². The summed E-state index contributed by atoms with van der Waals surface area (Å²) in [5.74, 6) is 0.567. The van der Waals surface area contributed by atoms with Crippen LogP contribution in [-0.2, 0) is 6.54 Å². The van der Waals surface area contributed by atoms with Crippen molar-refractivity contribution in [1.29, 1.82) is 0 Å². The number of nitrogens with two attached hydrogens (primary N) is 1. The number of fused-ring (bicyclic) bond motifs is 1. The van der Waals surface area contributed by atoms with E-state index in [9.17, 15) is 0 Å². The SMILES string of the molecule is CC(Cn1c(N)nc2cccnc21)N1CCCCC1. The first kappa shape index (κ1) is 12.4. The van der Waals surface area contributed by atoms with Gasteiger partial charge in [0, 0.05) is 18.8 Å². The molecule has 5 heteroatoms. The lowest BCUT2D eigenvalue weighted by Gasteiger charge is -2.32. The molecule has 3 heterocycles. The summed E-state index contributed by atoms with van der Waals surface area (Å²) in [4.78, 5) is 11.3. The van der Waals surface area contributed by atoms with E-state index in [4.69, 9.17) is 5.73 Å². The van der Waals surface area contributed by atoms with Crippen molar-refractivity contribution in [1.82, 2.24) is 19.4 Å². The zero-order valence-corrected chi connectivity index (χ0v) is 11.4. The monoisotopic (exact) mass is 259 g/mol. The van der Waals surface area contributed by atoms with Gasteiger partial charge in [-0.2, -0.15) is 0 Å². The van der Waals surface area contributed by atoms with Crippen LogP contribution in [-0.4, -0.2) is 38.6 Å². The summed E-state index contributed by atoms with van der Waals surface area (Å²) in [6.07, 6.45) is 5.78.